The highest BCUT2D eigenvalue weighted by atomic mass is 32.1. The Bertz CT molecular complexity index is 1590. The van der Waals surface area contributed by atoms with Crippen LogP contribution in [0.4, 0.5) is 5.69 Å². The Morgan fingerprint density at radius 3 is 2.62 bits per heavy atom. The van der Waals surface area contributed by atoms with E-state index >= 15 is 0 Å². The van der Waals surface area contributed by atoms with Crippen LogP contribution in [0.15, 0.2) is 54.6 Å². The third-order valence-corrected chi connectivity index (χ3v) is 7.04. The fourth-order valence-corrected chi connectivity index (χ4v) is 5.18. The van der Waals surface area contributed by atoms with Crippen LogP contribution < -0.4 is 14.8 Å². The molecular weight excluding hydrogens is 488 g/mol. The number of hydrogen-bond acceptors (Lipinski definition) is 7. The van der Waals surface area contributed by atoms with Gasteiger partial charge in [0.1, 0.15) is 28.2 Å². The summed E-state index contributed by atoms with van der Waals surface area (Å²) in [5.41, 5.74) is 5.75. The van der Waals surface area contributed by atoms with Crippen molar-refractivity contribution in [2.24, 2.45) is 0 Å². The summed E-state index contributed by atoms with van der Waals surface area (Å²) in [7, 11) is 3.21. The Labute approximate surface area is 218 Å². The van der Waals surface area contributed by atoms with Gasteiger partial charge in [-0.2, -0.15) is 8.75 Å². The Kier molecular flexibility index (Phi) is 6.96. The number of unbranched alkanes of at least 4 members (excludes halogenated alkanes) is 1. The molecule has 5 aromatic rings. The lowest BCUT2D eigenvalue weighted by molar-refractivity contribution is 0.0687. The highest BCUT2D eigenvalue weighted by molar-refractivity contribution is 7.00. The van der Waals surface area contributed by atoms with E-state index in [9.17, 15) is 9.90 Å². The fraction of sp³-hybridized carbons (Fsp3) is 0.250. The number of carboxylic acids is 1. The summed E-state index contributed by atoms with van der Waals surface area (Å²) in [5.74, 6) is 0.326. The standard InChI is InChI=1S/C28H28N4O4S/c1-4-5-12-29-19-7-10-24-21(15-19)26(17-6-9-22-23(14-17)31-37-30-22)27(28(33)34)32(24)16-18-13-20(35-2)8-11-25(18)36-3/h6-11,13-15,29H,4-5,12,16H2,1-3H3,(H,33,34). The second-order valence-electron chi connectivity index (χ2n) is 8.77. The van der Waals surface area contributed by atoms with E-state index in [1.165, 1.54) is 0 Å². The van der Waals surface area contributed by atoms with Crippen LogP contribution in [0.2, 0.25) is 0 Å². The van der Waals surface area contributed by atoms with Crippen LogP contribution in [0.5, 0.6) is 11.5 Å². The summed E-state index contributed by atoms with van der Waals surface area (Å²) < 4.78 is 21.5. The first-order valence-electron chi connectivity index (χ1n) is 12.1. The number of aromatic carboxylic acids is 1. The summed E-state index contributed by atoms with van der Waals surface area (Å²) >= 11 is 1.14. The molecule has 0 bridgehead atoms. The molecule has 0 aliphatic carbocycles. The fourth-order valence-electron chi connectivity index (χ4n) is 4.67. The molecule has 2 N–H and O–H groups in total. The van der Waals surface area contributed by atoms with Crippen LogP contribution in [-0.4, -0.2) is 45.2 Å². The topological polar surface area (TPSA) is 98.5 Å². The number of methoxy groups -OCH3 is 2. The molecular formula is C28H28N4O4S. The smallest absolute Gasteiger partial charge is 0.353 e. The van der Waals surface area contributed by atoms with E-state index in [-0.39, 0.29) is 5.69 Å². The summed E-state index contributed by atoms with van der Waals surface area (Å²) in [4.78, 5) is 12.8. The molecule has 0 fully saturated rings. The van der Waals surface area contributed by atoms with Crippen molar-refractivity contribution in [1.29, 1.82) is 0 Å². The van der Waals surface area contributed by atoms with E-state index < -0.39 is 5.97 Å². The predicted octanol–water partition coefficient (Wildman–Crippen LogP) is 6.29. The quantitative estimate of drug-likeness (QED) is 0.211. The molecule has 5 rings (SSSR count). The molecule has 0 radical (unpaired) electrons. The van der Waals surface area contributed by atoms with Gasteiger partial charge in [-0.25, -0.2) is 4.79 Å². The lowest BCUT2D eigenvalue weighted by atomic mass is 10.0. The lowest BCUT2D eigenvalue weighted by Crippen LogP contribution is -2.11. The second kappa shape index (κ2) is 10.5. The highest BCUT2D eigenvalue weighted by Crippen LogP contribution is 2.39. The van der Waals surface area contributed by atoms with Crippen LogP contribution in [0.25, 0.3) is 33.1 Å². The second-order valence-corrected chi connectivity index (χ2v) is 9.30. The molecule has 0 amide bonds. The number of benzene rings is 3. The number of fused-ring (bicyclic) bond motifs is 2. The molecule has 37 heavy (non-hydrogen) atoms. The van der Waals surface area contributed by atoms with Crippen molar-refractivity contribution >= 4 is 45.3 Å². The van der Waals surface area contributed by atoms with Gasteiger partial charge >= 0.3 is 5.97 Å². The first-order valence-corrected chi connectivity index (χ1v) is 12.8. The van der Waals surface area contributed by atoms with Crippen molar-refractivity contribution in [3.63, 3.8) is 0 Å². The molecule has 2 heterocycles. The Morgan fingerprint density at radius 1 is 1.03 bits per heavy atom. The van der Waals surface area contributed by atoms with Crippen LogP contribution in [0.3, 0.4) is 0 Å². The first-order chi connectivity index (χ1) is 18.0. The SMILES string of the molecule is CCCCNc1ccc2c(c1)c(-c1ccc3nsnc3c1)c(C(=O)O)n2Cc1cc(OC)ccc1OC. The van der Waals surface area contributed by atoms with Gasteiger partial charge in [0.05, 0.1) is 32.5 Å². The van der Waals surface area contributed by atoms with Crippen LogP contribution in [0.1, 0.15) is 35.8 Å². The zero-order valence-electron chi connectivity index (χ0n) is 20.9. The molecule has 0 aliphatic rings. The number of rotatable bonds is 10. The number of anilines is 1. The summed E-state index contributed by atoms with van der Waals surface area (Å²) in [5, 5.41) is 14.8. The largest absolute Gasteiger partial charge is 0.497 e. The number of nitrogens with zero attached hydrogens (tertiary/aromatic N) is 3. The zero-order chi connectivity index (χ0) is 25.9. The van der Waals surface area contributed by atoms with Crippen molar-refractivity contribution in [3.05, 3.63) is 65.9 Å². The van der Waals surface area contributed by atoms with E-state index in [2.05, 4.69) is 21.0 Å². The first kappa shape index (κ1) is 24.6. The molecule has 0 spiro atoms. The van der Waals surface area contributed by atoms with Gasteiger partial charge in [0.25, 0.3) is 0 Å². The molecule has 8 nitrogen and oxygen atoms in total. The molecule has 0 saturated carbocycles. The van der Waals surface area contributed by atoms with Crippen molar-refractivity contribution < 1.29 is 19.4 Å². The van der Waals surface area contributed by atoms with Gasteiger partial charge in [0.2, 0.25) is 0 Å². The van der Waals surface area contributed by atoms with Crippen molar-refractivity contribution in [3.8, 4) is 22.6 Å². The average Bonchev–Trinajstić information content (AvgIpc) is 3.50. The third-order valence-electron chi connectivity index (χ3n) is 6.48. The van der Waals surface area contributed by atoms with Gasteiger partial charge in [-0.15, -0.1) is 0 Å². The summed E-state index contributed by atoms with van der Waals surface area (Å²) in [6, 6.07) is 17.3. The van der Waals surface area contributed by atoms with Gasteiger partial charge in [-0.1, -0.05) is 19.4 Å². The number of hydrogen-bond donors (Lipinski definition) is 2. The number of aromatic nitrogens is 3. The van der Waals surface area contributed by atoms with Gasteiger partial charge in [0, 0.05) is 34.3 Å². The minimum Gasteiger partial charge on any atom is -0.497 e. The third kappa shape index (κ3) is 4.70. The molecule has 3 aromatic carbocycles. The zero-order valence-corrected chi connectivity index (χ0v) is 21.8. The Hall–Kier alpha value is -4.11. The van der Waals surface area contributed by atoms with E-state index in [1.54, 1.807) is 14.2 Å². The van der Waals surface area contributed by atoms with E-state index in [4.69, 9.17) is 9.47 Å². The summed E-state index contributed by atoms with van der Waals surface area (Å²) in [6.07, 6.45) is 2.14. The molecule has 0 unspecified atom stereocenters. The van der Waals surface area contributed by atoms with Crippen LogP contribution in [-0.2, 0) is 6.54 Å². The minimum atomic E-state index is -1.01. The highest BCUT2D eigenvalue weighted by Gasteiger charge is 2.25. The number of carbonyl (C=O) groups is 1. The lowest BCUT2D eigenvalue weighted by Gasteiger charge is -2.14. The van der Waals surface area contributed by atoms with Crippen LogP contribution in [0, 0.1) is 0 Å². The Balaban J connectivity index is 1.75. The maximum Gasteiger partial charge on any atom is 0.353 e. The van der Waals surface area contributed by atoms with Crippen molar-refractivity contribution in [2.45, 2.75) is 26.3 Å². The number of carboxylic acid groups (broad SMARTS) is 1. The van der Waals surface area contributed by atoms with Crippen LogP contribution >= 0.6 is 11.7 Å². The molecule has 9 heteroatoms. The molecule has 190 valence electrons. The molecule has 0 aliphatic heterocycles. The van der Waals surface area contributed by atoms with E-state index in [0.717, 1.165) is 69.9 Å². The van der Waals surface area contributed by atoms with E-state index in [0.29, 0.717) is 23.6 Å². The van der Waals surface area contributed by atoms with Gasteiger partial charge in [-0.05, 0) is 60.5 Å². The monoisotopic (exact) mass is 516 g/mol. The molecule has 0 atom stereocenters. The molecule has 2 aromatic heterocycles. The van der Waals surface area contributed by atoms with Crippen molar-refractivity contribution in [2.75, 3.05) is 26.1 Å². The minimum absolute atomic E-state index is 0.202. The van der Waals surface area contributed by atoms with E-state index in [1.807, 2.05) is 59.2 Å². The van der Waals surface area contributed by atoms with Gasteiger partial charge in [-0.3, -0.25) is 0 Å². The molecule has 0 saturated heterocycles. The van der Waals surface area contributed by atoms with Crippen molar-refractivity contribution in [1.82, 2.24) is 13.3 Å². The average molecular weight is 517 g/mol. The normalized spacial score (nSPS) is 11.2. The predicted molar refractivity (Wildman–Crippen MR) is 147 cm³/mol. The van der Waals surface area contributed by atoms with Gasteiger partial charge in [0.15, 0.2) is 0 Å². The maximum absolute atomic E-state index is 12.8. The number of ether oxygens (including phenoxy) is 2. The number of nitrogens with one attached hydrogen (secondary N) is 1. The Morgan fingerprint density at radius 2 is 1.86 bits per heavy atom. The van der Waals surface area contributed by atoms with Gasteiger partial charge < -0.3 is 24.5 Å². The maximum atomic E-state index is 12.8. The summed E-state index contributed by atoms with van der Waals surface area (Å²) in [6.45, 7) is 3.29.